The van der Waals surface area contributed by atoms with Crippen molar-refractivity contribution in [2.24, 2.45) is 5.41 Å². The van der Waals surface area contributed by atoms with Gasteiger partial charge in [-0.2, -0.15) is 0 Å². The maximum Gasteiger partial charge on any atom is 0.226 e. The van der Waals surface area contributed by atoms with Gasteiger partial charge in [0.15, 0.2) is 0 Å². The normalized spacial score (nSPS) is 31.4. The molecule has 4 heteroatoms. The predicted octanol–water partition coefficient (Wildman–Crippen LogP) is 4.42. The van der Waals surface area contributed by atoms with E-state index in [9.17, 15) is 4.79 Å². The molecular weight excluding hydrogens is 326 g/mol. The van der Waals surface area contributed by atoms with Gasteiger partial charge in [0.05, 0.1) is 6.04 Å². The van der Waals surface area contributed by atoms with Gasteiger partial charge in [-0.3, -0.25) is 4.79 Å². The predicted molar refractivity (Wildman–Crippen MR) is 82.3 cm³/mol. The summed E-state index contributed by atoms with van der Waals surface area (Å²) in [5, 5.41) is 3.08. The van der Waals surface area contributed by atoms with E-state index in [0.29, 0.717) is 0 Å². The lowest BCUT2D eigenvalue weighted by molar-refractivity contribution is -0.137. The van der Waals surface area contributed by atoms with Crippen LogP contribution in [0.1, 0.15) is 45.2 Å². The van der Waals surface area contributed by atoms with Crippen molar-refractivity contribution in [3.8, 4) is 0 Å². The summed E-state index contributed by atoms with van der Waals surface area (Å²) in [5.74, 6) is 0.0982. The van der Waals surface area contributed by atoms with Gasteiger partial charge in [0.2, 0.25) is 5.91 Å². The fraction of sp³-hybridized carbons (Fsp3) is 0.533. The lowest BCUT2D eigenvalue weighted by atomic mass is 9.62. The highest BCUT2D eigenvalue weighted by molar-refractivity contribution is 9.10. The molecule has 2 nitrogen and oxygen atoms in total. The zero-order valence-corrected chi connectivity index (χ0v) is 13.8. The summed E-state index contributed by atoms with van der Waals surface area (Å²) >= 11 is 9.63. The first-order valence-electron chi connectivity index (χ1n) is 6.47. The van der Waals surface area contributed by atoms with Crippen molar-refractivity contribution in [1.29, 1.82) is 0 Å². The van der Waals surface area contributed by atoms with Crippen LogP contribution in [-0.2, 0) is 4.79 Å². The van der Waals surface area contributed by atoms with Crippen molar-refractivity contribution in [1.82, 2.24) is 5.32 Å². The molecule has 19 heavy (non-hydrogen) atoms. The molecule has 104 valence electrons. The molecule has 1 N–H and O–H groups in total. The Kier molecular flexibility index (Phi) is 3.99. The number of benzene rings is 1. The molecule has 0 bridgehead atoms. The summed E-state index contributed by atoms with van der Waals surface area (Å²) in [7, 11) is 0. The van der Waals surface area contributed by atoms with E-state index in [1.165, 1.54) is 0 Å². The van der Waals surface area contributed by atoms with E-state index in [-0.39, 0.29) is 22.2 Å². The van der Waals surface area contributed by atoms with Gasteiger partial charge in [0.25, 0.3) is 0 Å². The molecule has 0 aliphatic heterocycles. The smallest absolute Gasteiger partial charge is 0.226 e. The Morgan fingerprint density at radius 1 is 1.32 bits per heavy atom. The number of rotatable bonds is 3. The summed E-state index contributed by atoms with van der Waals surface area (Å²) in [6.45, 7) is 5.98. The highest BCUT2D eigenvalue weighted by atomic mass is 79.9. The van der Waals surface area contributed by atoms with Crippen molar-refractivity contribution in [3.63, 3.8) is 0 Å². The molecule has 0 radical (unpaired) electrons. The number of halogens is 2. The Morgan fingerprint density at radius 2 is 1.84 bits per heavy atom. The molecule has 1 unspecified atom stereocenters. The molecule has 1 saturated carbocycles. The first-order valence-corrected chi connectivity index (χ1v) is 7.64. The quantitative estimate of drug-likeness (QED) is 0.808. The second-order valence-corrected chi connectivity index (χ2v) is 7.90. The highest BCUT2D eigenvalue weighted by Crippen LogP contribution is 2.52. The van der Waals surface area contributed by atoms with E-state index in [1.807, 2.05) is 45.0 Å². The molecule has 1 aliphatic carbocycles. The number of nitrogens with one attached hydrogen (secondary N) is 1. The maximum atomic E-state index is 12.3. The molecule has 0 spiro atoms. The summed E-state index contributed by atoms with van der Waals surface area (Å²) in [4.78, 5) is 12.1. The van der Waals surface area contributed by atoms with Crippen molar-refractivity contribution >= 4 is 33.4 Å². The molecule has 2 rings (SSSR count). The standard InChI is InChI=1S/C15H19BrClNO/c1-10(11-4-6-12(16)7-5-11)18-13(19)14(2)8-15(3,17)9-14/h4-7,10H,8-9H2,1-3H3,(H,18,19)/t10?,14-,15-. The number of alkyl halides is 1. The molecule has 0 aromatic heterocycles. The summed E-state index contributed by atoms with van der Waals surface area (Å²) in [6, 6.07) is 8.02. The highest BCUT2D eigenvalue weighted by Gasteiger charge is 2.52. The third kappa shape index (κ3) is 3.32. The first-order chi connectivity index (χ1) is 8.72. The van der Waals surface area contributed by atoms with Crippen LogP contribution >= 0.6 is 27.5 Å². The third-order valence-corrected chi connectivity index (χ3v) is 4.58. The molecule has 0 saturated heterocycles. The van der Waals surface area contributed by atoms with Gasteiger partial charge in [-0.15, -0.1) is 11.6 Å². The van der Waals surface area contributed by atoms with Crippen LogP contribution in [0.15, 0.2) is 28.7 Å². The van der Waals surface area contributed by atoms with Gasteiger partial charge in [0.1, 0.15) is 0 Å². The molecule has 1 fully saturated rings. The van der Waals surface area contributed by atoms with E-state index < -0.39 is 0 Å². The zero-order chi connectivity index (χ0) is 14.3. The van der Waals surface area contributed by atoms with Crippen molar-refractivity contribution in [3.05, 3.63) is 34.3 Å². The van der Waals surface area contributed by atoms with Gasteiger partial charge in [-0.1, -0.05) is 35.0 Å². The molecule has 1 atom stereocenters. The van der Waals surface area contributed by atoms with Gasteiger partial charge < -0.3 is 5.32 Å². The Morgan fingerprint density at radius 3 is 2.32 bits per heavy atom. The van der Waals surface area contributed by atoms with Crippen LogP contribution in [-0.4, -0.2) is 10.8 Å². The van der Waals surface area contributed by atoms with Gasteiger partial charge in [-0.25, -0.2) is 0 Å². The van der Waals surface area contributed by atoms with Gasteiger partial charge in [0, 0.05) is 14.8 Å². The molecule has 0 heterocycles. The van der Waals surface area contributed by atoms with Crippen molar-refractivity contribution in [2.45, 2.75) is 44.5 Å². The van der Waals surface area contributed by atoms with E-state index in [4.69, 9.17) is 11.6 Å². The van der Waals surface area contributed by atoms with Gasteiger partial charge >= 0.3 is 0 Å². The Hall–Kier alpha value is -0.540. The van der Waals surface area contributed by atoms with Crippen LogP contribution in [0.5, 0.6) is 0 Å². The van der Waals surface area contributed by atoms with Crippen LogP contribution in [0.2, 0.25) is 0 Å². The second-order valence-electron chi connectivity index (χ2n) is 6.07. The molecule has 1 aromatic rings. The van der Waals surface area contributed by atoms with Crippen molar-refractivity contribution < 1.29 is 4.79 Å². The lowest BCUT2D eigenvalue weighted by Gasteiger charge is -2.48. The fourth-order valence-electron chi connectivity index (χ4n) is 2.94. The lowest BCUT2D eigenvalue weighted by Crippen LogP contribution is -2.53. The number of carbonyl (C=O) groups is 1. The SMILES string of the molecule is CC(NC(=O)[C@]1(C)C[C@@](C)(Cl)C1)c1ccc(Br)cc1. The Bertz CT molecular complexity index is 475. The van der Waals surface area contributed by atoms with Crippen LogP contribution in [0.25, 0.3) is 0 Å². The second kappa shape index (κ2) is 5.10. The van der Waals surface area contributed by atoms with Crippen LogP contribution < -0.4 is 5.32 Å². The number of carbonyl (C=O) groups excluding carboxylic acids is 1. The third-order valence-electron chi connectivity index (χ3n) is 3.78. The first kappa shape index (κ1) is 14.9. The largest absolute Gasteiger partial charge is 0.349 e. The van der Waals surface area contributed by atoms with E-state index in [0.717, 1.165) is 22.9 Å². The van der Waals surface area contributed by atoms with E-state index in [2.05, 4.69) is 21.2 Å². The average molecular weight is 345 g/mol. The molecular formula is C15H19BrClNO. The number of amides is 1. The summed E-state index contributed by atoms with van der Waals surface area (Å²) in [5.41, 5.74) is 0.785. The van der Waals surface area contributed by atoms with E-state index >= 15 is 0 Å². The number of hydrogen-bond donors (Lipinski definition) is 1. The maximum absolute atomic E-state index is 12.3. The molecule has 1 amide bonds. The Labute approximate surface area is 128 Å². The monoisotopic (exact) mass is 343 g/mol. The van der Waals surface area contributed by atoms with Gasteiger partial charge in [-0.05, 0) is 44.4 Å². The van der Waals surface area contributed by atoms with E-state index in [1.54, 1.807) is 0 Å². The fourth-order valence-corrected chi connectivity index (χ4v) is 3.80. The minimum atomic E-state index is -0.319. The summed E-state index contributed by atoms with van der Waals surface area (Å²) in [6.07, 6.45) is 1.47. The number of hydrogen-bond acceptors (Lipinski definition) is 1. The molecule has 1 aromatic carbocycles. The zero-order valence-electron chi connectivity index (χ0n) is 11.5. The summed E-state index contributed by atoms with van der Waals surface area (Å²) < 4.78 is 1.04. The minimum absolute atomic E-state index is 0.0135. The van der Waals surface area contributed by atoms with Crippen LogP contribution in [0.4, 0.5) is 0 Å². The topological polar surface area (TPSA) is 29.1 Å². The van der Waals surface area contributed by atoms with Crippen LogP contribution in [0.3, 0.4) is 0 Å². The molecule has 1 aliphatic rings. The van der Waals surface area contributed by atoms with Crippen LogP contribution in [0, 0.1) is 5.41 Å². The van der Waals surface area contributed by atoms with Crippen molar-refractivity contribution in [2.75, 3.05) is 0 Å². The Balaban J connectivity index is 1.98. The minimum Gasteiger partial charge on any atom is -0.349 e. The average Bonchev–Trinajstić information content (AvgIpc) is 2.26.